The van der Waals surface area contributed by atoms with Crippen LogP contribution >= 0.6 is 23.4 Å². The first kappa shape index (κ1) is 27.2. The standard InChI is InChI=1S/C30H32ClFN2O2S/c31-24-13-17-27(18-14-24)37-21-29(35)34(20-23-11-15-25(32)16-12-23)28(19-22-7-3-1-4-8-22)30(36)33-26-9-5-2-6-10-26/h1,3-4,7-8,11-18,26,28H,2,5-6,9-10,19-21H2,(H,33,36)/t28-/m0/s1. The molecule has 1 atom stereocenters. The molecule has 194 valence electrons. The molecule has 1 aliphatic carbocycles. The van der Waals surface area contributed by atoms with E-state index >= 15 is 0 Å². The van der Waals surface area contributed by atoms with E-state index in [2.05, 4.69) is 5.32 Å². The summed E-state index contributed by atoms with van der Waals surface area (Å²) < 4.78 is 13.6. The van der Waals surface area contributed by atoms with Crippen molar-refractivity contribution < 1.29 is 14.0 Å². The van der Waals surface area contributed by atoms with Gasteiger partial charge in [-0.1, -0.05) is 73.3 Å². The second kappa shape index (κ2) is 13.6. The first-order valence-electron chi connectivity index (χ1n) is 12.7. The van der Waals surface area contributed by atoms with Crippen LogP contribution in [0.2, 0.25) is 5.02 Å². The molecule has 2 amide bonds. The summed E-state index contributed by atoms with van der Waals surface area (Å²) in [6.45, 7) is 0.218. The van der Waals surface area contributed by atoms with Gasteiger partial charge in [0.2, 0.25) is 11.8 Å². The molecule has 3 aromatic carbocycles. The number of nitrogens with zero attached hydrogens (tertiary/aromatic N) is 1. The quantitative estimate of drug-likeness (QED) is 0.294. The molecule has 4 nitrogen and oxygen atoms in total. The average Bonchev–Trinajstić information content (AvgIpc) is 2.92. The molecule has 1 N–H and O–H groups in total. The second-order valence-electron chi connectivity index (χ2n) is 9.44. The minimum atomic E-state index is -0.687. The van der Waals surface area contributed by atoms with E-state index in [-0.39, 0.29) is 36.0 Å². The number of benzene rings is 3. The zero-order valence-corrected chi connectivity index (χ0v) is 22.3. The van der Waals surface area contributed by atoms with Crippen molar-refractivity contribution >= 4 is 35.2 Å². The van der Waals surface area contributed by atoms with E-state index < -0.39 is 6.04 Å². The highest BCUT2D eigenvalue weighted by Crippen LogP contribution is 2.24. The predicted molar refractivity (Wildman–Crippen MR) is 148 cm³/mol. The van der Waals surface area contributed by atoms with Gasteiger partial charge in [-0.15, -0.1) is 11.8 Å². The molecule has 1 aliphatic rings. The van der Waals surface area contributed by atoms with E-state index in [1.165, 1.54) is 30.3 Å². The van der Waals surface area contributed by atoms with Crippen molar-refractivity contribution in [3.63, 3.8) is 0 Å². The van der Waals surface area contributed by atoms with Crippen molar-refractivity contribution in [3.8, 4) is 0 Å². The minimum absolute atomic E-state index is 0.130. The molecule has 7 heteroatoms. The van der Waals surface area contributed by atoms with Gasteiger partial charge in [0, 0.05) is 28.9 Å². The molecule has 0 aromatic heterocycles. The largest absolute Gasteiger partial charge is 0.352 e. The summed E-state index contributed by atoms with van der Waals surface area (Å²) in [5.41, 5.74) is 1.75. The van der Waals surface area contributed by atoms with Crippen LogP contribution in [0, 0.1) is 5.82 Å². The molecule has 1 fully saturated rings. The third kappa shape index (κ3) is 8.34. The van der Waals surface area contributed by atoms with Gasteiger partial charge in [0.25, 0.3) is 0 Å². The molecule has 0 unspecified atom stereocenters. The number of rotatable bonds is 10. The fraction of sp³-hybridized carbons (Fsp3) is 0.333. The van der Waals surface area contributed by atoms with Crippen LogP contribution in [0.1, 0.15) is 43.2 Å². The van der Waals surface area contributed by atoms with E-state index in [9.17, 15) is 14.0 Å². The second-order valence-corrected chi connectivity index (χ2v) is 10.9. The third-order valence-electron chi connectivity index (χ3n) is 6.66. The van der Waals surface area contributed by atoms with Gasteiger partial charge in [0.1, 0.15) is 11.9 Å². The summed E-state index contributed by atoms with van der Waals surface area (Å²) >= 11 is 7.41. The zero-order valence-electron chi connectivity index (χ0n) is 20.7. The number of halogens is 2. The summed E-state index contributed by atoms with van der Waals surface area (Å²) in [5, 5.41) is 3.87. The van der Waals surface area contributed by atoms with E-state index in [1.807, 2.05) is 42.5 Å². The molecule has 0 aliphatic heterocycles. The van der Waals surface area contributed by atoms with Gasteiger partial charge in [0.05, 0.1) is 5.75 Å². The Morgan fingerprint density at radius 1 is 0.919 bits per heavy atom. The minimum Gasteiger partial charge on any atom is -0.352 e. The Morgan fingerprint density at radius 2 is 1.59 bits per heavy atom. The molecular formula is C30H32ClFN2O2S. The molecule has 1 saturated carbocycles. The maximum absolute atomic E-state index is 13.7. The topological polar surface area (TPSA) is 49.4 Å². The lowest BCUT2D eigenvalue weighted by Crippen LogP contribution is -2.53. The number of carbonyl (C=O) groups excluding carboxylic acids is 2. The lowest BCUT2D eigenvalue weighted by Gasteiger charge is -2.33. The Labute approximate surface area is 227 Å². The summed E-state index contributed by atoms with van der Waals surface area (Å²) in [7, 11) is 0. The van der Waals surface area contributed by atoms with Gasteiger partial charge >= 0.3 is 0 Å². The van der Waals surface area contributed by atoms with Crippen LogP contribution < -0.4 is 5.32 Å². The highest BCUT2D eigenvalue weighted by molar-refractivity contribution is 8.00. The van der Waals surface area contributed by atoms with Crippen LogP contribution in [-0.4, -0.2) is 34.6 Å². The fourth-order valence-electron chi connectivity index (χ4n) is 4.64. The lowest BCUT2D eigenvalue weighted by molar-refractivity contribution is -0.139. The van der Waals surface area contributed by atoms with Crippen LogP contribution in [-0.2, 0) is 22.6 Å². The van der Waals surface area contributed by atoms with E-state index in [4.69, 9.17) is 11.6 Å². The Kier molecular flexibility index (Phi) is 10.0. The van der Waals surface area contributed by atoms with Crippen molar-refractivity contribution in [1.29, 1.82) is 0 Å². The number of amides is 2. The molecule has 0 bridgehead atoms. The summed E-state index contributed by atoms with van der Waals surface area (Å²) in [6.07, 6.45) is 5.72. The molecule has 0 heterocycles. The number of carbonyl (C=O) groups is 2. The Morgan fingerprint density at radius 3 is 2.27 bits per heavy atom. The van der Waals surface area contributed by atoms with Gasteiger partial charge in [-0.05, 0) is 60.4 Å². The molecule has 0 spiro atoms. The van der Waals surface area contributed by atoms with Crippen LogP contribution in [0.4, 0.5) is 4.39 Å². The maximum Gasteiger partial charge on any atom is 0.243 e. The van der Waals surface area contributed by atoms with E-state index in [0.717, 1.165) is 41.7 Å². The van der Waals surface area contributed by atoms with Gasteiger partial charge < -0.3 is 10.2 Å². The van der Waals surface area contributed by atoms with Crippen molar-refractivity contribution in [2.24, 2.45) is 0 Å². The number of hydrogen-bond donors (Lipinski definition) is 1. The molecular weight excluding hydrogens is 507 g/mol. The first-order valence-corrected chi connectivity index (χ1v) is 14.1. The van der Waals surface area contributed by atoms with Crippen molar-refractivity contribution in [3.05, 3.63) is 101 Å². The summed E-state index contributed by atoms with van der Waals surface area (Å²) in [6, 6.07) is 22.6. The summed E-state index contributed by atoms with van der Waals surface area (Å²) in [4.78, 5) is 30.0. The van der Waals surface area contributed by atoms with Crippen LogP contribution in [0.3, 0.4) is 0 Å². The van der Waals surface area contributed by atoms with Gasteiger partial charge in [-0.25, -0.2) is 4.39 Å². The first-order chi connectivity index (χ1) is 18.0. The smallest absolute Gasteiger partial charge is 0.243 e. The van der Waals surface area contributed by atoms with Crippen molar-refractivity contribution in [2.45, 2.75) is 62.0 Å². The van der Waals surface area contributed by atoms with Crippen LogP contribution in [0.25, 0.3) is 0 Å². The molecule has 4 rings (SSSR count). The van der Waals surface area contributed by atoms with Crippen LogP contribution in [0.5, 0.6) is 0 Å². The van der Waals surface area contributed by atoms with Gasteiger partial charge in [-0.3, -0.25) is 9.59 Å². The van der Waals surface area contributed by atoms with Crippen molar-refractivity contribution in [1.82, 2.24) is 10.2 Å². The van der Waals surface area contributed by atoms with Crippen LogP contribution in [0.15, 0.2) is 83.8 Å². The Bertz CT molecular complexity index is 1150. The monoisotopic (exact) mass is 538 g/mol. The van der Waals surface area contributed by atoms with E-state index in [0.29, 0.717) is 11.4 Å². The maximum atomic E-state index is 13.7. The Hall–Kier alpha value is -2.83. The normalized spacial score (nSPS) is 14.6. The van der Waals surface area contributed by atoms with Gasteiger partial charge in [0.15, 0.2) is 0 Å². The molecule has 0 radical (unpaired) electrons. The highest BCUT2D eigenvalue weighted by atomic mass is 35.5. The molecule has 37 heavy (non-hydrogen) atoms. The number of nitrogens with one attached hydrogen (secondary N) is 1. The van der Waals surface area contributed by atoms with E-state index in [1.54, 1.807) is 29.2 Å². The summed E-state index contributed by atoms with van der Waals surface area (Å²) in [5.74, 6) is -0.451. The average molecular weight is 539 g/mol. The predicted octanol–water partition coefficient (Wildman–Crippen LogP) is 6.66. The molecule has 0 saturated heterocycles. The zero-order chi connectivity index (χ0) is 26.0. The SMILES string of the molecule is O=C(NC1CCCCC1)[C@H](Cc1ccccc1)N(Cc1ccc(F)cc1)C(=O)CSc1ccc(Cl)cc1. The van der Waals surface area contributed by atoms with Gasteiger partial charge in [-0.2, -0.15) is 0 Å². The fourth-order valence-corrected chi connectivity index (χ4v) is 5.55. The third-order valence-corrected chi connectivity index (χ3v) is 7.91. The molecule has 3 aromatic rings. The Balaban J connectivity index is 1.59. The van der Waals surface area contributed by atoms with Crippen molar-refractivity contribution in [2.75, 3.05) is 5.75 Å². The number of thioether (sulfide) groups is 1. The number of hydrogen-bond acceptors (Lipinski definition) is 3. The highest BCUT2D eigenvalue weighted by Gasteiger charge is 2.32. The lowest BCUT2D eigenvalue weighted by atomic mass is 9.94.